The van der Waals surface area contributed by atoms with Crippen LogP contribution in [0.3, 0.4) is 0 Å². The second-order valence-electron chi connectivity index (χ2n) is 3.19. The molecular formula is C11H15FO2S. The summed E-state index contributed by atoms with van der Waals surface area (Å²) in [7, 11) is 0. The zero-order chi connectivity index (χ0) is 11.3. The Hall–Kier alpha value is -0.900. The number of ether oxygens (including phenoxy) is 1. The zero-order valence-corrected chi connectivity index (χ0v) is 9.68. The minimum absolute atomic E-state index is 0.0333. The first-order chi connectivity index (χ1) is 7.17. The van der Waals surface area contributed by atoms with Crippen molar-refractivity contribution in [2.24, 2.45) is 0 Å². The molecule has 1 rings (SSSR count). The van der Waals surface area contributed by atoms with Crippen molar-refractivity contribution in [3.63, 3.8) is 0 Å². The van der Waals surface area contributed by atoms with Gasteiger partial charge in [-0.15, -0.1) is 11.8 Å². The summed E-state index contributed by atoms with van der Waals surface area (Å²) in [4.78, 5) is 0. The third-order valence-corrected chi connectivity index (χ3v) is 2.82. The lowest BCUT2D eigenvalue weighted by molar-refractivity contribution is 0.263. The maximum Gasteiger partial charge on any atom is 0.168 e. The highest BCUT2D eigenvalue weighted by molar-refractivity contribution is 7.99. The number of rotatable bonds is 5. The number of aromatic hydroxyl groups is 1. The lowest BCUT2D eigenvalue weighted by Gasteiger charge is -2.16. The van der Waals surface area contributed by atoms with Gasteiger partial charge in [0.05, 0.1) is 0 Å². The highest BCUT2D eigenvalue weighted by Gasteiger charge is 2.11. The molecule has 0 aliphatic carbocycles. The molecule has 0 aromatic heterocycles. The van der Waals surface area contributed by atoms with Crippen LogP contribution in [0.15, 0.2) is 18.2 Å². The van der Waals surface area contributed by atoms with Crippen LogP contribution in [0.1, 0.15) is 19.8 Å². The summed E-state index contributed by atoms with van der Waals surface area (Å²) < 4.78 is 18.8. The Morgan fingerprint density at radius 3 is 2.80 bits per heavy atom. The summed E-state index contributed by atoms with van der Waals surface area (Å²) >= 11 is 1.55. The van der Waals surface area contributed by atoms with Crippen molar-refractivity contribution in [2.45, 2.75) is 25.2 Å². The summed E-state index contributed by atoms with van der Waals surface area (Å²) in [6.45, 7) is 2.06. The van der Waals surface area contributed by atoms with Crippen molar-refractivity contribution >= 4 is 11.8 Å². The van der Waals surface area contributed by atoms with Gasteiger partial charge in [-0.2, -0.15) is 0 Å². The van der Waals surface area contributed by atoms with E-state index in [0.29, 0.717) is 0 Å². The predicted octanol–water partition coefficient (Wildman–Crippen LogP) is 3.40. The van der Waals surface area contributed by atoms with E-state index in [0.717, 1.165) is 18.9 Å². The molecule has 1 N–H and O–H groups in total. The monoisotopic (exact) mass is 230 g/mol. The first-order valence-corrected chi connectivity index (χ1v) is 6.14. The highest BCUT2D eigenvalue weighted by Crippen LogP contribution is 2.25. The Morgan fingerprint density at radius 2 is 2.27 bits per heavy atom. The minimum atomic E-state index is -0.523. The Kier molecular flexibility index (Phi) is 4.75. The molecule has 0 fully saturated rings. The van der Waals surface area contributed by atoms with E-state index in [1.807, 2.05) is 6.26 Å². The summed E-state index contributed by atoms with van der Waals surface area (Å²) in [5, 5.41) is 9.03. The van der Waals surface area contributed by atoms with Gasteiger partial charge >= 0.3 is 0 Å². The van der Waals surface area contributed by atoms with Crippen LogP contribution in [-0.4, -0.2) is 16.8 Å². The number of phenolic OH excluding ortho intramolecular Hbond substituents is 1. The average Bonchev–Trinajstić information content (AvgIpc) is 2.21. The van der Waals surface area contributed by atoms with Crippen molar-refractivity contribution < 1.29 is 14.2 Å². The molecule has 0 saturated carbocycles. The van der Waals surface area contributed by atoms with E-state index in [9.17, 15) is 4.39 Å². The Balaban J connectivity index is 2.70. The van der Waals surface area contributed by atoms with Crippen LogP contribution < -0.4 is 4.74 Å². The SMILES string of the molecule is CCC[C@@H](Oc1ccc(O)cc1F)SC. The van der Waals surface area contributed by atoms with E-state index in [2.05, 4.69) is 6.92 Å². The van der Waals surface area contributed by atoms with Crippen LogP contribution in [0.25, 0.3) is 0 Å². The van der Waals surface area contributed by atoms with Crippen molar-refractivity contribution in [1.29, 1.82) is 0 Å². The summed E-state index contributed by atoms with van der Waals surface area (Å²) in [6, 6.07) is 3.92. The number of hydrogen-bond acceptors (Lipinski definition) is 3. The molecule has 4 heteroatoms. The Morgan fingerprint density at radius 1 is 1.53 bits per heavy atom. The lowest BCUT2D eigenvalue weighted by Crippen LogP contribution is -2.11. The fourth-order valence-electron chi connectivity index (χ4n) is 1.19. The van der Waals surface area contributed by atoms with Crippen LogP contribution in [0.2, 0.25) is 0 Å². The maximum absolute atomic E-state index is 13.3. The fraction of sp³-hybridized carbons (Fsp3) is 0.455. The van der Waals surface area contributed by atoms with Gasteiger partial charge in [-0.25, -0.2) is 4.39 Å². The van der Waals surface area contributed by atoms with Gasteiger partial charge in [0.15, 0.2) is 11.6 Å². The van der Waals surface area contributed by atoms with E-state index in [4.69, 9.17) is 9.84 Å². The van der Waals surface area contributed by atoms with E-state index >= 15 is 0 Å². The third-order valence-electron chi connectivity index (χ3n) is 1.96. The topological polar surface area (TPSA) is 29.5 Å². The summed E-state index contributed by atoms with van der Waals surface area (Å²) in [6.07, 6.45) is 3.80. The van der Waals surface area contributed by atoms with E-state index in [-0.39, 0.29) is 16.9 Å². The van der Waals surface area contributed by atoms with Crippen molar-refractivity contribution in [3.8, 4) is 11.5 Å². The first kappa shape index (κ1) is 12.2. The molecule has 1 atom stereocenters. The third kappa shape index (κ3) is 3.63. The molecule has 0 saturated heterocycles. The van der Waals surface area contributed by atoms with E-state index < -0.39 is 5.82 Å². The molecule has 0 heterocycles. The molecule has 0 amide bonds. The molecule has 0 bridgehead atoms. The summed E-state index contributed by atoms with van der Waals surface area (Å²) in [5.41, 5.74) is -0.0333. The molecule has 2 nitrogen and oxygen atoms in total. The molecule has 1 aromatic carbocycles. The zero-order valence-electron chi connectivity index (χ0n) is 8.87. The smallest absolute Gasteiger partial charge is 0.168 e. The molecule has 84 valence electrons. The number of hydrogen-bond donors (Lipinski definition) is 1. The number of halogens is 1. The van der Waals surface area contributed by atoms with E-state index in [1.165, 1.54) is 12.1 Å². The number of phenols is 1. The predicted molar refractivity (Wildman–Crippen MR) is 60.9 cm³/mol. The van der Waals surface area contributed by atoms with Crippen molar-refractivity contribution in [1.82, 2.24) is 0 Å². The second kappa shape index (κ2) is 5.85. The Labute approximate surface area is 93.5 Å². The number of benzene rings is 1. The quantitative estimate of drug-likeness (QED) is 0.786. The van der Waals surface area contributed by atoms with Crippen LogP contribution >= 0.6 is 11.8 Å². The molecule has 15 heavy (non-hydrogen) atoms. The van der Waals surface area contributed by atoms with Crippen molar-refractivity contribution in [3.05, 3.63) is 24.0 Å². The van der Waals surface area contributed by atoms with Crippen LogP contribution in [0, 0.1) is 5.82 Å². The molecule has 0 unspecified atom stereocenters. The minimum Gasteiger partial charge on any atom is -0.508 e. The number of thioether (sulfide) groups is 1. The second-order valence-corrected chi connectivity index (χ2v) is 4.18. The van der Waals surface area contributed by atoms with Gasteiger partial charge in [-0.1, -0.05) is 13.3 Å². The van der Waals surface area contributed by atoms with Gasteiger partial charge in [-0.05, 0) is 24.8 Å². The van der Waals surface area contributed by atoms with E-state index in [1.54, 1.807) is 11.8 Å². The highest BCUT2D eigenvalue weighted by atomic mass is 32.2. The van der Waals surface area contributed by atoms with Crippen LogP contribution in [0.4, 0.5) is 4.39 Å². The van der Waals surface area contributed by atoms with Crippen molar-refractivity contribution in [2.75, 3.05) is 6.26 Å². The van der Waals surface area contributed by atoms with Gasteiger partial charge in [0, 0.05) is 6.07 Å². The molecule has 0 aliphatic rings. The first-order valence-electron chi connectivity index (χ1n) is 4.85. The molecule has 1 aromatic rings. The standard InChI is InChI=1S/C11H15FO2S/c1-3-4-11(15-2)14-10-6-5-8(13)7-9(10)12/h5-7,11,13H,3-4H2,1-2H3/t11-/m0/s1. The maximum atomic E-state index is 13.3. The van der Waals surface area contributed by atoms with Gasteiger partial charge in [0.1, 0.15) is 11.2 Å². The molecule has 0 spiro atoms. The average molecular weight is 230 g/mol. The fourth-order valence-corrected chi connectivity index (χ4v) is 1.86. The lowest BCUT2D eigenvalue weighted by atomic mass is 10.3. The molecular weight excluding hydrogens is 215 g/mol. The van der Waals surface area contributed by atoms with Gasteiger partial charge in [0.2, 0.25) is 0 Å². The molecule has 0 radical (unpaired) electrons. The van der Waals surface area contributed by atoms with Crippen LogP contribution in [-0.2, 0) is 0 Å². The van der Waals surface area contributed by atoms with Gasteiger partial charge in [0.25, 0.3) is 0 Å². The molecule has 0 aliphatic heterocycles. The van der Waals surface area contributed by atoms with Gasteiger partial charge < -0.3 is 9.84 Å². The largest absolute Gasteiger partial charge is 0.508 e. The summed E-state index contributed by atoms with van der Waals surface area (Å²) in [5.74, 6) is -0.415. The van der Waals surface area contributed by atoms with Gasteiger partial charge in [-0.3, -0.25) is 0 Å². The normalized spacial score (nSPS) is 12.5. The van der Waals surface area contributed by atoms with Crippen LogP contribution in [0.5, 0.6) is 11.5 Å². The Bertz CT molecular complexity index is 317.